The standard InChI is InChI=1S/C14H26ClN3S/c1-6-18-13(14(15)11(4)17-18)7-12(16-5)9-19-8-10(2)3/h10,12,16H,6-9H2,1-5H3. The van der Waals surface area contributed by atoms with E-state index in [0.717, 1.165) is 41.0 Å². The number of hydrogen-bond donors (Lipinski definition) is 1. The molecule has 0 aliphatic carbocycles. The molecule has 0 saturated heterocycles. The van der Waals surface area contributed by atoms with E-state index in [1.54, 1.807) is 0 Å². The van der Waals surface area contributed by atoms with Crippen molar-refractivity contribution in [3.63, 3.8) is 0 Å². The molecule has 1 rings (SSSR count). The third-order valence-corrected chi connectivity index (χ3v) is 5.10. The van der Waals surface area contributed by atoms with Crippen molar-refractivity contribution in [2.45, 2.75) is 46.7 Å². The van der Waals surface area contributed by atoms with Gasteiger partial charge in [-0.3, -0.25) is 4.68 Å². The Morgan fingerprint density at radius 1 is 1.37 bits per heavy atom. The molecule has 110 valence electrons. The number of aryl methyl sites for hydroxylation is 2. The van der Waals surface area contributed by atoms with E-state index in [2.05, 4.69) is 31.2 Å². The Kier molecular flexibility index (Phi) is 7.26. The molecule has 0 bridgehead atoms. The first-order valence-corrected chi connectivity index (χ1v) is 8.49. The van der Waals surface area contributed by atoms with Crippen molar-refractivity contribution < 1.29 is 0 Å². The van der Waals surface area contributed by atoms with E-state index >= 15 is 0 Å². The summed E-state index contributed by atoms with van der Waals surface area (Å²) in [7, 11) is 2.02. The second kappa shape index (κ2) is 8.18. The highest BCUT2D eigenvalue weighted by Crippen LogP contribution is 2.22. The number of thioether (sulfide) groups is 1. The van der Waals surface area contributed by atoms with Gasteiger partial charge < -0.3 is 5.32 Å². The van der Waals surface area contributed by atoms with Crippen LogP contribution in [0.15, 0.2) is 0 Å². The predicted molar refractivity (Wildman–Crippen MR) is 86.4 cm³/mol. The molecule has 1 aromatic heterocycles. The number of hydrogen-bond acceptors (Lipinski definition) is 3. The minimum Gasteiger partial charge on any atom is -0.316 e. The maximum atomic E-state index is 6.36. The maximum absolute atomic E-state index is 6.36. The number of rotatable bonds is 8. The smallest absolute Gasteiger partial charge is 0.0847 e. The van der Waals surface area contributed by atoms with Gasteiger partial charge in [0.25, 0.3) is 0 Å². The third kappa shape index (κ3) is 5.01. The van der Waals surface area contributed by atoms with Gasteiger partial charge in [-0.2, -0.15) is 16.9 Å². The molecule has 0 spiro atoms. The zero-order chi connectivity index (χ0) is 14.4. The minimum absolute atomic E-state index is 0.447. The van der Waals surface area contributed by atoms with Crippen LogP contribution in [0, 0.1) is 12.8 Å². The second-order valence-electron chi connectivity index (χ2n) is 5.28. The van der Waals surface area contributed by atoms with Gasteiger partial charge in [-0.05, 0) is 32.6 Å². The van der Waals surface area contributed by atoms with Crippen molar-refractivity contribution in [3.05, 3.63) is 16.4 Å². The lowest BCUT2D eigenvalue weighted by Gasteiger charge is -2.17. The fourth-order valence-corrected chi connectivity index (χ4v) is 3.38. The summed E-state index contributed by atoms with van der Waals surface area (Å²) in [5.41, 5.74) is 2.09. The van der Waals surface area contributed by atoms with Crippen LogP contribution in [0.4, 0.5) is 0 Å². The Balaban J connectivity index is 2.65. The van der Waals surface area contributed by atoms with Gasteiger partial charge in [0, 0.05) is 24.8 Å². The molecule has 0 saturated carbocycles. The predicted octanol–water partition coefficient (Wildman–Crippen LogP) is 3.38. The van der Waals surface area contributed by atoms with Crippen molar-refractivity contribution in [2.75, 3.05) is 18.6 Å². The first-order valence-electron chi connectivity index (χ1n) is 6.96. The van der Waals surface area contributed by atoms with Crippen LogP contribution in [0.3, 0.4) is 0 Å². The summed E-state index contributed by atoms with van der Waals surface area (Å²) < 4.78 is 2.02. The Morgan fingerprint density at radius 2 is 2.05 bits per heavy atom. The number of aromatic nitrogens is 2. The van der Waals surface area contributed by atoms with Crippen LogP contribution < -0.4 is 5.32 Å². The number of likely N-dealkylation sites (N-methyl/N-ethyl adjacent to an activating group) is 1. The Morgan fingerprint density at radius 3 is 2.58 bits per heavy atom. The summed E-state index contributed by atoms with van der Waals surface area (Å²) in [6.07, 6.45) is 0.940. The van der Waals surface area contributed by atoms with Gasteiger partial charge in [0.15, 0.2) is 0 Å². The van der Waals surface area contributed by atoms with E-state index < -0.39 is 0 Å². The highest BCUT2D eigenvalue weighted by atomic mass is 35.5. The summed E-state index contributed by atoms with van der Waals surface area (Å²) in [6.45, 7) is 9.47. The summed E-state index contributed by atoms with van der Waals surface area (Å²) in [5, 5.41) is 8.70. The lowest BCUT2D eigenvalue weighted by Crippen LogP contribution is -2.31. The summed E-state index contributed by atoms with van der Waals surface area (Å²) in [5.74, 6) is 3.06. The highest BCUT2D eigenvalue weighted by molar-refractivity contribution is 7.99. The number of halogens is 1. The van der Waals surface area contributed by atoms with Crippen LogP contribution in [-0.4, -0.2) is 34.4 Å². The highest BCUT2D eigenvalue weighted by Gasteiger charge is 2.17. The molecule has 1 unspecified atom stereocenters. The SMILES string of the molecule is CCn1nc(C)c(Cl)c1CC(CSCC(C)C)NC. The van der Waals surface area contributed by atoms with Gasteiger partial charge in [-0.15, -0.1) is 0 Å². The Bertz CT molecular complexity index is 390. The molecule has 0 amide bonds. The molecule has 0 aromatic carbocycles. The molecule has 5 heteroatoms. The van der Waals surface area contributed by atoms with Crippen LogP contribution in [-0.2, 0) is 13.0 Å². The quantitative estimate of drug-likeness (QED) is 0.798. The fourth-order valence-electron chi connectivity index (χ4n) is 1.99. The van der Waals surface area contributed by atoms with Gasteiger partial charge in [0.05, 0.1) is 16.4 Å². The van der Waals surface area contributed by atoms with Gasteiger partial charge >= 0.3 is 0 Å². The maximum Gasteiger partial charge on any atom is 0.0847 e. The molecular formula is C14H26ClN3S. The topological polar surface area (TPSA) is 29.9 Å². The zero-order valence-corrected chi connectivity index (χ0v) is 14.2. The summed E-state index contributed by atoms with van der Waals surface area (Å²) in [4.78, 5) is 0. The average molecular weight is 304 g/mol. The van der Waals surface area contributed by atoms with Crippen LogP contribution in [0.2, 0.25) is 5.02 Å². The van der Waals surface area contributed by atoms with Crippen LogP contribution in [0.5, 0.6) is 0 Å². The fraction of sp³-hybridized carbons (Fsp3) is 0.786. The molecule has 19 heavy (non-hydrogen) atoms. The molecule has 1 atom stereocenters. The molecule has 0 fully saturated rings. The van der Waals surface area contributed by atoms with Gasteiger partial charge in [0.2, 0.25) is 0 Å². The Hall–Kier alpha value is -0.190. The first kappa shape index (κ1) is 16.9. The van der Waals surface area contributed by atoms with Crippen molar-refractivity contribution in [2.24, 2.45) is 5.92 Å². The number of nitrogens with one attached hydrogen (secondary N) is 1. The molecule has 1 aromatic rings. The van der Waals surface area contributed by atoms with Crippen LogP contribution in [0.25, 0.3) is 0 Å². The minimum atomic E-state index is 0.447. The summed E-state index contributed by atoms with van der Waals surface area (Å²) in [6, 6.07) is 0.447. The molecular weight excluding hydrogens is 278 g/mol. The van der Waals surface area contributed by atoms with Gasteiger partial charge in [-0.25, -0.2) is 0 Å². The average Bonchev–Trinajstić information content (AvgIpc) is 2.64. The van der Waals surface area contributed by atoms with Crippen LogP contribution in [0.1, 0.15) is 32.2 Å². The third-order valence-electron chi connectivity index (χ3n) is 3.07. The van der Waals surface area contributed by atoms with E-state index in [1.807, 2.05) is 30.4 Å². The van der Waals surface area contributed by atoms with E-state index in [1.165, 1.54) is 5.75 Å². The second-order valence-corrected chi connectivity index (χ2v) is 6.74. The molecule has 1 N–H and O–H groups in total. The van der Waals surface area contributed by atoms with Crippen molar-refractivity contribution in [3.8, 4) is 0 Å². The van der Waals surface area contributed by atoms with Gasteiger partial charge in [-0.1, -0.05) is 25.4 Å². The van der Waals surface area contributed by atoms with Crippen molar-refractivity contribution in [1.82, 2.24) is 15.1 Å². The monoisotopic (exact) mass is 303 g/mol. The zero-order valence-electron chi connectivity index (χ0n) is 12.7. The normalized spacial score (nSPS) is 13.2. The molecule has 1 heterocycles. The van der Waals surface area contributed by atoms with E-state index in [-0.39, 0.29) is 0 Å². The van der Waals surface area contributed by atoms with Crippen molar-refractivity contribution in [1.29, 1.82) is 0 Å². The van der Waals surface area contributed by atoms with E-state index in [9.17, 15) is 0 Å². The summed E-state index contributed by atoms with van der Waals surface area (Å²) >= 11 is 8.36. The Labute approximate surface area is 126 Å². The molecule has 0 aliphatic rings. The number of nitrogens with zero attached hydrogens (tertiary/aromatic N) is 2. The molecule has 0 aliphatic heterocycles. The largest absolute Gasteiger partial charge is 0.316 e. The lowest BCUT2D eigenvalue weighted by molar-refractivity contribution is 0.556. The molecule has 3 nitrogen and oxygen atoms in total. The van der Waals surface area contributed by atoms with Crippen LogP contribution >= 0.6 is 23.4 Å². The van der Waals surface area contributed by atoms with Gasteiger partial charge in [0.1, 0.15) is 0 Å². The molecule has 0 radical (unpaired) electrons. The van der Waals surface area contributed by atoms with E-state index in [4.69, 9.17) is 11.6 Å². The lowest BCUT2D eigenvalue weighted by atomic mass is 10.1. The van der Waals surface area contributed by atoms with E-state index in [0.29, 0.717) is 6.04 Å². The first-order chi connectivity index (χ1) is 8.99. The van der Waals surface area contributed by atoms with Crippen molar-refractivity contribution >= 4 is 23.4 Å².